The third-order valence-corrected chi connectivity index (χ3v) is 5.51. The van der Waals surface area contributed by atoms with Gasteiger partial charge in [-0.25, -0.2) is 4.98 Å². The van der Waals surface area contributed by atoms with Gasteiger partial charge in [-0.1, -0.05) is 18.7 Å². The van der Waals surface area contributed by atoms with Crippen LogP contribution >= 0.6 is 0 Å². The normalized spacial score (nSPS) is 14.8. The summed E-state index contributed by atoms with van der Waals surface area (Å²) in [5, 5.41) is 6.18. The number of hydrogen-bond donors (Lipinski definition) is 2. The maximum atomic E-state index is 11.5. The highest BCUT2D eigenvalue weighted by molar-refractivity contribution is 5.99. The first-order valence-corrected chi connectivity index (χ1v) is 10.5. The van der Waals surface area contributed by atoms with E-state index in [0.717, 1.165) is 60.3 Å². The molecular formula is C24H23N5O3. The number of fused-ring (bicyclic) bond motifs is 2. The van der Waals surface area contributed by atoms with Crippen LogP contribution in [0, 0.1) is 0 Å². The second-order valence-electron chi connectivity index (χ2n) is 7.51. The summed E-state index contributed by atoms with van der Waals surface area (Å²) in [6.07, 6.45) is 4.79. The molecule has 0 bridgehead atoms. The van der Waals surface area contributed by atoms with E-state index in [0.29, 0.717) is 18.0 Å². The molecule has 2 aromatic heterocycles. The number of amides is 1. The van der Waals surface area contributed by atoms with E-state index in [1.54, 1.807) is 6.20 Å². The highest BCUT2D eigenvalue weighted by Gasteiger charge is 2.22. The van der Waals surface area contributed by atoms with Crippen LogP contribution in [0.4, 0.5) is 22.9 Å². The van der Waals surface area contributed by atoms with E-state index in [9.17, 15) is 4.79 Å². The number of morpholine rings is 1. The van der Waals surface area contributed by atoms with Gasteiger partial charge in [-0.2, -0.15) is 0 Å². The highest BCUT2D eigenvalue weighted by atomic mass is 16.5. The van der Waals surface area contributed by atoms with Gasteiger partial charge in [-0.15, -0.1) is 0 Å². The third-order valence-electron chi connectivity index (χ3n) is 5.51. The van der Waals surface area contributed by atoms with Gasteiger partial charge in [0.05, 0.1) is 36.4 Å². The number of benzene rings is 1. The lowest BCUT2D eigenvalue weighted by Gasteiger charge is -2.30. The minimum absolute atomic E-state index is 0.245. The summed E-state index contributed by atoms with van der Waals surface area (Å²) in [6, 6.07) is 11.5. The summed E-state index contributed by atoms with van der Waals surface area (Å²) in [4.78, 5) is 22.9. The number of carbonyl (C=O) groups excluding carboxylic acids is 1. The third kappa shape index (κ3) is 4.00. The number of ether oxygens (including phenoxy) is 2. The topological polar surface area (TPSA) is 88.6 Å². The molecule has 2 aliphatic rings. The van der Waals surface area contributed by atoms with Crippen molar-refractivity contribution in [2.75, 3.05) is 41.8 Å². The SMILES string of the molecule is C=CC(=O)Nc1ccc(-c2cc3c(cn2)OCc2c(N4CCOCC4)ccnc2N3)cc1. The Hall–Kier alpha value is -3.91. The quantitative estimate of drug-likeness (QED) is 0.611. The Morgan fingerprint density at radius 1 is 1.16 bits per heavy atom. The Kier molecular flexibility index (Phi) is 5.43. The first kappa shape index (κ1) is 20.0. The highest BCUT2D eigenvalue weighted by Crippen LogP contribution is 2.38. The molecule has 5 rings (SSSR count). The summed E-state index contributed by atoms with van der Waals surface area (Å²) in [5.41, 5.74) is 5.35. The van der Waals surface area contributed by atoms with Crippen LogP contribution in [0.3, 0.4) is 0 Å². The van der Waals surface area contributed by atoms with E-state index in [1.165, 1.54) is 6.08 Å². The van der Waals surface area contributed by atoms with Gasteiger partial charge in [-0.05, 0) is 30.3 Å². The van der Waals surface area contributed by atoms with Gasteiger partial charge in [0.25, 0.3) is 0 Å². The minimum Gasteiger partial charge on any atom is -0.485 e. The van der Waals surface area contributed by atoms with Gasteiger partial charge < -0.3 is 25.0 Å². The second-order valence-corrected chi connectivity index (χ2v) is 7.51. The fourth-order valence-corrected chi connectivity index (χ4v) is 3.84. The zero-order valence-electron chi connectivity index (χ0n) is 17.5. The molecule has 1 amide bonds. The smallest absolute Gasteiger partial charge is 0.247 e. The molecule has 2 aliphatic heterocycles. The maximum Gasteiger partial charge on any atom is 0.247 e. The monoisotopic (exact) mass is 429 g/mol. The number of pyridine rings is 2. The first-order valence-electron chi connectivity index (χ1n) is 10.5. The van der Waals surface area contributed by atoms with Crippen molar-refractivity contribution in [3.8, 4) is 17.0 Å². The minimum atomic E-state index is -0.245. The lowest BCUT2D eigenvalue weighted by Crippen LogP contribution is -2.37. The lowest BCUT2D eigenvalue weighted by molar-refractivity contribution is -0.111. The van der Waals surface area contributed by atoms with E-state index in [-0.39, 0.29) is 5.91 Å². The van der Waals surface area contributed by atoms with Gasteiger partial charge in [0.1, 0.15) is 12.4 Å². The Morgan fingerprint density at radius 3 is 2.75 bits per heavy atom. The largest absolute Gasteiger partial charge is 0.485 e. The van der Waals surface area contributed by atoms with E-state index in [1.807, 2.05) is 42.6 Å². The Bertz CT molecular complexity index is 1160. The van der Waals surface area contributed by atoms with Crippen LogP contribution in [0.2, 0.25) is 0 Å². The fourth-order valence-electron chi connectivity index (χ4n) is 3.84. The molecule has 0 unspecified atom stereocenters. The van der Waals surface area contributed by atoms with Crippen LogP contribution in [0.15, 0.2) is 61.4 Å². The maximum absolute atomic E-state index is 11.5. The van der Waals surface area contributed by atoms with Crippen molar-refractivity contribution in [2.45, 2.75) is 6.61 Å². The van der Waals surface area contributed by atoms with Crippen LogP contribution in [0.1, 0.15) is 5.56 Å². The number of nitrogens with one attached hydrogen (secondary N) is 2. The average molecular weight is 429 g/mol. The molecule has 162 valence electrons. The van der Waals surface area contributed by atoms with E-state index >= 15 is 0 Å². The van der Waals surface area contributed by atoms with Crippen LogP contribution in [0.5, 0.6) is 5.75 Å². The van der Waals surface area contributed by atoms with Gasteiger partial charge in [0.15, 0.2) is 5.75 Å². The summed E-state index contributed by atoms with van der Waals surface area (Å²) >= 11 is 0. The van der Waals surface area contributed by atoms with Gasteiger partial charge >= 0.3 is 0 Å². The van der Waals surface area contributed by atoms with Crippen molar-refractivity contribution in [2.24, 2.45) is 0 Å². The predicted octanol–water partition coefficient (Wildman–Crippen LogP) is 3.74. The molecule has 0 radical (unpaired) electrons. The van der Waals surface area contributed by atoms with Crippen molar-refractivity contribution in [1.29, 1.82) is 0 Å². The number of aromatic nitrogens is 2. The average Bonchev–Trinajstić information content (AvgIpc) is 3.03. The second kappa shape index (κ2) is 8.68. The molecule has 2 N–H and O–H groups in total. The number of rotatable bonds is 4. The number of hydrogen-bond acceptors (Lipinski definition) is 7. The van der Waals surface area contributed by atoms with Gasteiger partial charge in [0, 0.05) is 36.2 Å². The molecule has 1 fully saturated rings. The summed E-state index contributed by atoms with van der Waals surface area (Å²) in [5.74, 6) is 1.21. The predicted molar refractivity (Wildman–Crippen MR) is 123 cm³/mol. The van der Waals surface area contributed by atoms with Crippen molar-refractivity contribution in [3.05, 3.63) is 67.0 Å². The van der Waals surface area contributed by atoms with Crippen molar-refractivity contribution < 1.29 is 14.3 Å². The standard InChI is InChI=1S/C24H23N5O3/c1-2-23(30)27-17-5-3-16(4-6-17)19-13-20-22(14-26-19)32-15-18-21(7-8-25-24(18)28-20)29-9-11-31-12-10-29/h2-8,13-14H,1,9-12,15H2,(H,25,28)(H,27,30). The summed E-state index contributed by atoms with van der Waals surface area (Å²) in [7, 11) is 0. The Morgan fingerprint density at radius 2 is 1.97 bits per heavy atom. The number of anilines is 4. The lowest BCUT2D eigenvalue weighted by atomic mass is 10.1. The molecule has 1 saturated heterocycles. The fraction of sp³-hybridized carbons (Fsp3) is 0.208. The molecule has 8 nitrogen and oxygen atoms in total. The summed E-state index contributed by atoms with van der Waals surface area (Å²) < 4.78 is 11.6. The van der Waals surface area contributed by atoms with Gasteiger partial charge in [0.2, 0.25) is 5.91 Å². The molecule has 8 heteroatoms. The van der Waals surface area contributed by atoms with E-state index < -0.39 is 0 Å². The van der Waals surface area contributed by atoms with E-state index in [4.69, 9.17) is 9.47 Å². The van der Waals surface area contributed by atoms with Crippen LogP contribution in [0.25, 0.3) is 11.3 Å². The van der Waals surface area contributed by atoms with Crippen LogP contribution in [-0.4, -0.2) is 42.2 Å². The molecule has 0 spiro atoms. The number of nitrogens with zero attached hydrogens (tertiary/aromatic N) is 3. The van der Waals surface area contributed by atoms with Crippen LogP contribution in [-0.2, 0) is 16.1 Å². The molecular weight excluding hydrogens is 406 g/mol. The zero-order valence-corrected chi connectivity index (χ0v) is 17.5. The molecule has 4 heterocycles. The number of carbonyl (C=O) groups is 1. The Labute approximate surface area is 185 Å². The van der Waals surface area contributed by atoms with Crippen LogP contribution < -0.4 is 20.3 Å². The van der Waals surface area contributed by atoms with Gasteiger partial charge in [-0.3, -0.25) is 9.78 Å². The van der Waals surface area contributed by atoms with Crippen molar-refractivity contribution in [1.82, 2.24) is 9.97 Å². The first-order chi connectivity index (χ1) is 15.7. The Balaban J connectivity index is 1.42. The summed E-state index contributed by atoms with van der Waals surface area (Å²) in [6.45, 7) is 7.00. The zero-order chi connectivity index (χ0) is 21.9. The molecule has 0 saturated carbocycles. The molecule has 32 heavy (non-hydrogen) atoms. The molecule has 1 aromatic carbocycles. The van der Waals surface area contributed by atoms with E-state index in [2.05, 4.69) is 32.1 Å². The van der Waals surface area contributed by atoms with Crippen molar-refractivity contribution in [3.63, 3.8) is 0 Å². The van der Waals surface area contributed by atoms with Crippen molar-refractivity contribution >= 4 is 28.8 Å². The molecule has 0 aliphatic carbocycles. The molecule has 0 atom stereocenters. The molecule has 3 aromatic rings.